The molecule has 3 rings (SSSR count). The van der Waals surface area contributed by atoms with Crippen LogP contribution in [0, 0.1) is 0 Å². The maximum absolute atomic E-state index is 12.8. The summed E-state index contributed by atoms with van der Waals surface area (Å²) in [6.45, 7) is 2.88. The first kappa shape index (κ1) is 17.8. The third-order valence-electron chi connectivity index (χ3n) is 4.33. The van der Waals surface area contributed by atoms with Crippen LogP contribution in [0.25, 0.3) is 0 Å². The molecule has 0 bridgehead atoms. The summed E-state index contributed by atoms with van der Waals surface area (Å²) in [6.07, 6.45) is 5.68. The summed E-state index contributed by atoms with van der Waals surface area (Å²) in [5.74, 6) is 0. The van der Waals surface area contributed by atoms with Gasteiger partial charge in [-0.3, -0.25) is 13.6 Å². The molecule has 3 fully saturated rings. The Kier molecular flexibility index (Phi) is 6.89. The van der Waals surface area contributed by atoms with Gasteiger partial charge in [-0.25, -0.2) is 4.57 Å². The zero-order chi connectivity index (χ0) is 16.0. The van der Waals surface area contributed by atoms with Crippen molar-refractivity contribution in [2.75, 3.05) is 39.6 Å². The number of hydrogen-bond acceptors (Lipinski definition) is 7. The first-order valence-corrected chi connectivity index (χ1v) is 10.1. The standard InChI is InChI=1S/C15H27O7P/c16-23(20-10-13-4-1-7-17-13,21-11-14-5-2-8-18-14)22-12-15-6-3-9-19-15/h13-15H,1-12H2/t13-,14-,15+/m1/s1. The molecular formula is C15H27O7P. The van der Waals surface area contributed by atoms with E-state index in [1.165, 1.54) is 0 Å². The zero-order valence-corrected chi connectivity index (χ0v) is 14.4. The van der Waals surface area contributed by atoms with E-state index in [4.69, 9.17) is 27.8 Å². The number of rotatable bonds is 9. The van der Waals surface area contributed by atoms with Crippen molar-refractivity contribution in [3.63, 3.8) is 0 Å². The van der Waals surface area contributed by atoms with Crippen molar-refractivity contribution < 1.29 is 32.3 Å². The fraction of sp³-hybridized carbons (Fsp3) is 1.00. The lowest BCUT2D eigenvalue weighted by atomic mass is 10.2. The second-order valence-corrected chi connectivity index (χ2v) is 7.91. The highest BCUT2D eigenvalue weighted by Crippen LogP contribution is 2.50. The number of ether oxygens (including phenoxy) is 3. The van der Waals surface area contributed by atoms with Gasteiger partial charge in [0.15, 0.2) is 0 Å². The highest BCUT2D eigenvalue weighted by molar-refractivity contribution is 7.48. The van der Waals surface area contributed by atoms with E-state index < -0.39 is 7.82 Å². The predicted molar refractivity (Wildman–Crippen MR) is 82.4 cm³/mol. The van der Waals surface area contributed by atoms with Gasteiger partial charge in [0.1, 0.15) is 0 Å². The Bertz CT molecular complexity index is 330. The van der Waals surface area contributed by atoms with Gasteiger partial charge >= 0.3 is 7.82 Å². The Morgan fingerprint density at radius 3 is 1.30 bits per heavy atom. The van der Waals surface area contributed by atoms with Crippen LogP contribution in [0.5, 0.6) is 0 Å². The maximum atomic E-state index is 12.8. The molecule has 0 saturated carbocycles. The molecule has 0 aliphatic carbocycles. The number of phosphoric acid groups is 1. The van der Waals surface area contributed by atoms with E-state index >= 15 is 0 Å². The van der Waals surface area contributed by atoms with E-state index in [2.05, 4.69) is 0 Å². The van der Waals surface area contributed by atoms with E-state index in [1.54, 1.807) is 0 Å². The van der Waals surface area contributed by atoms with E-state index in [9.17, 15) is 4.57 Å². The van der Waals surface area contributed by atoms with Crippen LogP contribution in [0.2, 0.25) is 0 Å². The quantitative estimate of drug-likeness (QED) is 0.592. The second-order valence-electron chi connectivity index (χ2n) is 6.24. The molecular weight excluding hydrogens is 323 g/mol. The SMILES string of the molecule is O=P(OC[C@H]1CCCO1)(OC[C@H]1CCCO1)OC[C@@H]1CCCO1. The molecule has 0 aromatic heterocycles. The normalized spacial score (nSPS) is 31.9. The lowest BCUT2D eigenvalue weighted by Crippen LogP contribution is -2.20. The van der Waals surface area contributed by atoms with Crippen LogP contribution in [0.4, 0.5) is 0 Å². The van der Waals surface area contributed by atoms with Crippen molar-refractivity contribution in [1.29, 1.82) is 0 Å². The smallest absolute Gasteiger partial charge is 0.376 e. The van der Waals surface area contributed by atoms with Gasteiger partial charge in [0.25, 0.3) is 0 Å². The van der Waals surface area contributed by atoms with Crippen molar-refractivity contribution in [2.45, 2.75) is 56.8 Å². The molecule has 0 unspecified atom stereocenters. The lowest BCUT2D eigenvalue weighted by molar-refractivity contribution is 0.00359. The molecule has 23 heavy (non-hydrogen) atoms. The Morgan fingerprint density at radius 2 is 1.04 bits per heavy atom. The summed E-state index contributed by atoms with van der Waals surface area (Å²) in [5, 5.41) is 0. The van der Waals surface area contributed by atoms with Crippen LogP contribution < -0.4 is 0 Å². The third-order valence-corrected chi connectivity index (χ3v) is 5.72. The van der Waals surface area contributed by atoms with Gasteiger partial charge in [-0.1, -0.05) is 0 Å². The summed E-state index contributed by atoms with van der Waals surface area (Å²) < 4.78 is 45.9. The topological polar surface area (TPSA) is 72.5 Å². The van der Waals surface area contributed by atoms with Crippen LogP contribution in [-0.2, 0) is 32.3 Å². The first-order chi connectivity index (χ1) is 11.2. The van der Waals surface area contributed by atoms with E-state index in [1.807, 2.05) is 0 Å². The molecule has 0 aromatic carbocycles. The fourth-order valence-corrected chi connectivity index (χ4v) is 4.23. The van der Waals surface area contributed by atoms with Gasteiger partial charge in [0.05, 0.1) is 38.1 Å². The molecule has 3 atom stereocenters. The molecule has 8 heteroatoms. The van der Waals surface area contributed by atoms with Crippen LogP contribution in [0.15, 0.2) is 0 Å². The van der Waals surface area contributed by atoms with Crippen LogP contribution in [0.3, 0.4) is 0 Å². The Labute approximate surface area is 137 Å². The van der Waals surface area contributed by atoms with Gasteiger partial charge in [0.2, 0.25) is 0 Å². The monoisotopic (exact) mass is 350 g/mol. The summed E-state index contributed by atoms with van der Waals surface area (Å²) in [7, 11) is -3.62. The number of hydrogen-bond donors (Lipinski definition) is 0. The molecule has 3 aliphatic heterocycles. The fourth-order valence-electron chi connectivity index (χ4n) is 2.96. The summed E-state index contributed by atoms with van der Waals surface area (Å²) in [5.41, 5.74) is 0. The molecule has 0 N–H and O–H groups in total. The van der Waals surface area contributed by atoms with Gasteiger partial charge < -0.3 is 14.2 Å². The molecule has 0 amide bonds. The van der Waals surface area contributed by atoms with Gasteiger partial charge in [-0.2, -0.15) is 0 Å². The summed E-state index contributed by atoms with van der Waals surface area (Å²) >= 11 is 0. The molecule has 134 valence electrons. The Balaban J connectivity index is 1.47. The van der Waals surface area contributed by atoms with Crippen LogP contribution in [-0.4, -0.2) is 58.0 Å². The maximum Gasteiger partial charge on any atom is 0.475 e. The minimum atomic E-state index is -3.62. The van der Waals surface area contributed by atoms with Crippen LogP contribution >= 0.6 is 7.82 Å². The van der Waals surface area contributed by atoms with E-state index in [0.29, 0.717) is 0 Å². The Morgan fingerprint density at radius 1 is 0.696 bits per heavy atom. The Hall–Kier alpha value is -0.0100. The van der Waals surface area contributed by atoms with E-state index in [0.717, 1.165) is 58.3 Å². The van der Waals surface area contributed by atoms with Crippen molar-refractivity contribution in [2.24, 2.45) is 0 Å². The second kappa shape index (κ2) is 8.90. The van der Waals surface area contributed by atoms with Crippen molar-refractivity contribution in [1.82, 2.24) is 0 Å². The van der Waals surface area contributed by atoms with Gasteiger partial charge in [-0.15, -0.1) is 0 Å². The van der Waals surface area contributed by atoms with Crippen molar-refractivity contribution >= 4 is 7.82 Å². The minimum absolute atomic E-state index is 0.0269. The molecule has 3 aliphatic rings. The van der Waals surface area contributed by atoms with Gasteiger partial charge in [-0.05, 0) is 38.5 Å². The van der Waals surface area contributed by atoms with Crippen molar-refractivity contribution in [3.05, 3.63) is 0 Å². The van der Waals surface area contributed by atoms with E-state index in [-0.39, 0.29) is 38.1 Å². The largest absolute Gasteiger partial charge is 0.475 e. The molecule has 7 nitrogen and oxygen atoms in total. The summed E-state index contributed by atoms with van der Waals surface area (Å²) in [4.78, 5) is 0. The molecule has 3 saturated heterocycles. The van der Waals surface area contributed by atoms with Crippen LogP contribution in [0.1, 0.15) is 38.5 Å². The summed E-state index contributed by atoms with van der Waals surface area (Å²) in [6, 6.07) is 0. The average molecular weight is 350 g/mol. The zero-order valence-electron chi connectivity index (χ0n) is 13.5. The average Bonchev–Trinajstić information content (AvgIpc) is 3.33. The molecule has 0 spiro atoms. The minimum Gasteiger partial charge on any atom is -0.376 e. The number of phosphoric ester groups is 1. The molecule has 0 aromatic rings. The van der Waals surface area contributed by atoms with Gasteiger partial charge in [0, 0.05) is 19.8 Å². The predicted octanol–water partition coefficient (Wildman–Crippen LogP) is 2.68. The molecule has 0 radical (unpaired) electrons. The highest BCUT2D eigenvalue weighted by Gasteiger charge is 2.33. The van der Waals surface area contributed by atoms with Crippen molar-refractivity contribution in [3.8, 4) is 0 Å². The first-order valence-electron chi connectivity index (χ1n) is 8.62. The third kappa shape index (κ3) is 5.78. The molecule has 3 heterocycles. The lowest BCUT2D eigenvalue weighted by Gasteiger charge is -2.22. The highest BCUT2D eigenvalue weighted by atomic mass is 31.2.